The fourth-order valence-electron chi connectivity index (χ4n) is 1.29. The fourth-order valence-corrected chi connectivity index (χ4v) is 2.12. The predicted octanol–water partition coefficient (Wildman–Crippen LogP) is 3.52. The molecule has 1 atom stereocenters. The van der Waals surface area contributed by atoms with Gasteiger partial charge in [0.1, 0.15) is 11.9 Å². The first-order valence-electron chi connectivity index (χ1n) is 4.78. The zero-order valence-electron chi connectivity index (χ0n) is 8.68. The van der Waals surface area contributed by atoms with E-state index in [2.05, 4.69) is 4.98 Å². The highest BCUT2D eigenvalue weighted by Gasteiger charge is 2.10. The Bertz CT molecular complexity index is 486. The molecule has 0 bridgehead atoms. The molecule has 84 valence electrons. The van der Waals surface area contributed by atoms with Gasteiger partial charge in [-0.1, -0.05) is 17.7 Å². The lowest BCUT2D eigenvalue weighted by molar-refractivity contribution is 0.223. The summed E-state index contributed by atoms with van der Waals surface area (Å²) in [6, 6.07) is 7.28. The van der Waals surface area contributed by atoms with Gasteiger partial charge in [0.2, 0.25) is 0 Å². The summed E-state index contributed by atoms with van der Waals surface area (Å²) in [5.74, 6) is 0.728. The maximum Gasteiger partial charge on any atom is 0.180 e. The number of halogens is 1. The van der Waals surface area contributed by atoms with Crippen LogP contribution in [-0.2, 0) is 0 Å². The molecule has 2 rings (SSSR count). The number of thiazole rings is 1. The van der Waals surface area contributed by atoms with Gasteiger partial charge in [-0.25, -0.2) is 4.98 Å². The highest BCUT2D eigenvalue weighted by molar-refractivity contribution is 7.13. The Morgan fingerprint density at radius 1 is 1.50 bits per heavy atom. The zero-order valence-corrected chi connectivity index (χ0v) is 10.3. The molecule has 0 saturated carbocycles. The molecule has 16 heavy (non-hydrogen) atoms. The maximum absolute atomic E-state index is 5.86. The van der Waals surface area contributed by atoms with Crippen LogP contribution < -0.4 is 10.5 Å². The Morgan fingerprint density at radius 3 is 2.94 bits per heavy atom. The lowest BCUT2D eigenvalue weighted by atomic mass is 10.3. The highest BCUT2D eigenvalue weighted by Crippen LogP contribution is 2.25. The second-order valence-corrected chi connectivity index (χ2v) is 4.65. The number of anilines is 1. The van der Waals surface area contributed by atoms with E-state index in [9.17, 15) is 0 Å². The molecular formula is C11H11ClN2OS. The summed E-state index contributed by atoms with van der Waals surface area (Å²) in [5, 5.41) is 3.10. The molecule has 1 heterocycles. The van der Waals surface area contributed by atoms with Crippen molar-refractivity contribution in [1.29, 1.82) is 0 Å². The number of nitrogens with two attached hydrogens (primary N) is 1. The van der Waals surface area contributed by atoms with Gasteiger partial charge in [0.05, 0.1) is 5.69 Å². The van der Waals surface area contributed by atoms with E-state index in [1.165, 1.54) is 11.3 Å². The van der Waals surface area contributed by atoms with Crippen LogP contribution in [0.1, 0.15) is 18.7 Å². The van der Waals surface area contributed by atoms with Crippen molar-refractivity contribution in [3.8, 4) is 5.75 Å². The van der Waals surface area contributed by atoms with Crippen molar-refractivity contribution in [2.45, 2.75) is 13.0 Å². The number of rotatable bonds is 3. The van der Waals surface area contributed by atoms with E-state index >= 15 is 0 Å². The van der Waals surface area contributed by atoms with Gasteiger partial charge < -0.3 is 10.5 Å². The van der Waals surface area contributed by atoms with E-state index in [4.69, 9.17) is 22.1 Å². The largest absolute Gasteiger partial charge is 0.484 e. The summed E-state index contributed by atoms with van der Waals surface area (Å²) in [6.07, 6.45) is -0.132. The van der Waals surface area contributed by atoms with Gasteiger partial charge in [-0.2, -0.15) is 0 Å². The normalized spacial score (nSPS) is 12.4. The van der Waals surface area contributed by atoms with Crippen molar-refractivity contribution < 1.29 is 4.74 Å². The quantitative estimate of drug-likeness (QED) is 0.912. The summed E-state index contributed by atoms with van der Waals surface area (Å²) in [7, 11) is 0. The van der Waals surface area contributed by atoms with Crippen molar-refractivity contribution in [2.75, 3.05) is 5.73 Å². The van der Waals surface area contributed by atoms with E-state index in [1.54, 1.807) is 12.1 Å². The summed E-state index contributed by atoms with van der Waals surface area (Å²) in [6.45, 7) is 1.93. The molecule has 3 nitrogen and oxygen atoms in total. The standard InChI is InChI=1S/C11H11ClN2OS/c1-7(10-6-16-11(13)14-10)15-9-4-2-3-8(12)5-9/h2-7H,1H3,(H2,13,14). The Morgan fingerprint density at radius 2 is 2.31 bits per heavy atom. The zero-order chi connectivity index (χ0) is 11.5. The van der Waals surface area contributed by atoms with Crippen LogP contribution in [0.2, 0.25) is 5.02 Å². The average molecular weight is 255 g/mol. The number of benzene rings is 1. The van der Waals surface area contributed by atoms with Crippen LogP contribution in [0.3, 0.4) is 0 Å². The number of nitrogens with zero attached hydrogens (tertiary/aromatic N) is 1. The SMILES string of the molecule is CC(Oc1cccc(Cl)c1)c1csc(N)n1. The molecule has 0 radical (unpaired) electrons. The van der Waals surface area contributed by atoms with Crippen molar-refractivity contribution >= 4 is 28.1 Å². The van der Waals surface area contributed by atoms with E-state index in [0.29, 0.717) is 10.2 Å². The van der Waals surface area contributed by atoms with Crippen LogP contribution in [0.5, 0.6) is 5.75 Å². The monoisotopic (exact) mass is 254 g/mol. The van der Waals surface area contributed by atoms with Gasteiger partial charge in [-0.3, -0.25) is 0 Å². The second kappa shape index (κ2) is 4.72. The summed E-state index contributed by atoms with van der Waals surface area (Å²) in [5.41, 5.74) is 6.40. The predicted molar refractivity (Wildman–Crippen MR) is 67.0 cm³/mol. The average Bonchev–Trinajstić information content (AvgIpc) is 2.65. The van der Waals surface area contributed by atoms with Crippen LogP contribution in [0.4, 0.5) is 5.13 Å². The minimum atomic E-state index is -0.132. The molecule has 0 spiro atoms. The molecule has 1 aromatic heterocycles. The first-order valence-corrected chi connectivity index (χ1v) is 6.04. The van der Waals surface area contributed by atoms with Crippen LogP contribution in [0.15, 0.2) is 29.6 Å². The van der Waals surface area contributed by atoms with E-state index in [-0.39, 0.29) is 6.10 Å². The number of hydrogen-bond donors (Lipinski definition) is 1. The molecule has 2 N–H and O–H groups in total. The van der Waals surface area contributed by atoms with E-state index in [0.717, 1.165) is 11.4 Å². The fraction of sp³-hybridized carbons (Fsp3) is 0.182. The Kier molecular flexibility index (Phi) is 3.31. The van der Waals surface area contributed by atoms with E-state index in [1.807, 2.05) is 24.4 Å². The number of nitrogen functional groups attached to an aromatic ring is 1. The smallest absolute Gasteiger partial charge is 0.180 e. The molecule has 1 unspecified atom stereocenters. The van der Waals surface area contributed by atoms with Crippen LogP contribution in [0, 0.1) is 0 Å². The van der Waals surface area contributed by atoms with Gasteiger partial charge >= 0.3 is 0 Å². The third-order valence-corrected chi connectivity index (χ3v) is 2.99. The van der Waals surface area contributed by atoms with E-state index < -0.39 is 0 Å². The molecule has 0 saturated heterocycles. The molecule has 0 aliphatic heterocycles. The highest BCUT2D eigenvalue weighted by atomic mass is 35.5. The first kappa shape index (κ1) is 11.2. The second-order valence-electron chi connectivity index (χ2n) is 3.33. The number of aromatic nitrogens is 1. The summed E-state index contributed by atoms with van der Waals surface area (Å²) < 4.78 is 5.70. The third kappa shape index (κ3) is 2.65. The van der Waals surface area contributed by atoms with Gasteiger partial charge in [-0.05, 0) is 25.1 Å². The molecule has 0 fully saturated rings. The minimum absolute atomic E-state index is 0.132. The van der Waals surface area contributed by atoms with Crippen LogP contribution in [0.25, 0.3) is 0 Å². The molecular weight excluding hydrogens is 244 g/mol. The maximum atomic E-state index is 5.86. The minimum Gasteiger partial charge on any atom is -0.484 e. The number of hydrogen-bond acceptors (Lipinski definition) is 4. The summed E-state index contributed by atoms with van der Waals surface area (Å²) in [4.78, 5) is 4.17. The first-order chi connectivity index (χ1) is 7.65. The van der Waals surface area contributed by atoms with Crippen LogP contribution in [-0.4, -0.2) is 4.98 Å². The molecule has 0 aliphatic rings. The lowest BCUT2D eigenvalue weighted by Gasteiger charge is -2.12. The van der Waals surface area contributed by atoms with Gasteiger partial charge in [0.15, 0.2) is 5.13 Å². The third-order valence-electron chi connectivity index (χ3n) is 2.07. The molecule has 1 aromatic carbocycles. The Labute approximate surface area is 103 Å². The van der Waals surface area contributed by atoms with Crippen molar-refractivity contribution in [2.24, 2.45) is 0 Å². The molecule has 0 aliphatic carbocycles. The van der Waals surface area contributed by atoms with Crippen molar-refractivity contribution in [1.82, 2.24) is 4.98 Å². The molecule has 5 heteroatoms. The van der Waals surface area contributed by atoms with Crippen molar-refractivity contribution in [3.63, 3.8) is 0 Å². The lowest BCUT2D eigenvalue weighted by Crippen LogP contribution is -2.03. The van der Waals surface area contributed by atoms with Gasteiger partial charge in [0.25, 0.3) is 0 Å². The number of ether oxygens (including phenoxy) is 1. The molecule has 0 amide bonds. The Hall–Kier alpha value is -1.26. The van der Waals surface area contributed by atoms with Crippen molar-refractivity contribution in [3.05, 3.63) is 40.4 Å². The topological polar surface area (TPSA) is 48.1 Å². The summed E-state index contributed by atoms with van der Waals surface area (Å²) >= 11 is 7.27. The van der Waals surface area contributed by atoms with Crippen LogP contribution >= 0.6 is 22.9 Å². The van der Waals surface area contributed by atoms with Gasteiger partial charge in [0, 0.05) is 10.4 Å². The Balaban J connectivity index is 2.10. The van der Waals surface area contributed by atoms with Gasteiger partial charge in [-0.15, -0.1) is 11.3 Å². The molecule has 2 aromatic rings.